The molecular weight excluding hydrogens is 436 g/mol. The van der Waals surface area contributed by atoms with Crippen LogP contribution in [0.3, 0.4) is 0 Å². The lowest BCUT2D eigenvalue weighted by molar-refractivity contribution is 0.0200. The van der Waals surface area contributed by atoms with Gasteiger partial charge in [-0.05, 0) is 67.1 Å². The molecule has 184 valence electrons. The number of alkyl halides is 1. The van der Waals surface area contributed by atoms with Gasteiger partial charge >= 0.3 is 6.03 Å². The summed E-state index contributed by atoms with van der Waals surface area (Å²) in [5, 5.41) is 2.92. The van der Waals surface area contributed by atoms with Crippen LogP contribution in [0.1, 0.15) is 44.2 Å². The zero-order chi connectivity index (χ0) is 24.1. The normalized spacial score (nSPS) is 22.4. The van der Waals surface area contributed by atoms with Crippen molar-refractivity contribution in [3.8, 4) is 5.75 Å². The Morgan fingerprint density at radius 1 is 1.09 bits per heavy atom. The van der Waals surface area contributed by atoms with E-state index in [9.17, 15) is 9.18 Å². The first-order valence-electron chi connectivity index (χ1n) is 12.3. The Balaban J connectivity index is 1.47. The average molecular weight is 472 g/mol. The van der Waals surface area contributed by atoms with Crippen molar-refractivity contribution in [1.82, 2.24) is 15.1 Å². The summed E-state index contributed by atoms with van der Waals surface area (Å²) < 4.78 is 34.6. The van der Waals surface area contributed by atoms with Crippen molar-refractivity contribution in [2.45, 2.75) is 64.5 Å². The minimum atomic E-state index is -1.08. The number of carbonyl (C=O) groups excluding carboxylic acids is 1. The van der Waals surface area contributed by atoms with Gasteiger partial charge in [-0.2, -0.15) is 0 Å². The van der Waals surface area contributed by atoms with Crippen molar-refractivity contribution in [1.29, 1.82) is 0 Å². The van der Waals surface area contributed by atoms with Crippen molar-refractivity contribution < 1.29 is 18.3 Å². The van der Waals surface area contributed by atoms with Gasteiger partial charge in [0, 0.05) is 25.7 Å². The van der Waals surface area contributed by atoms with E-state index in [1.807, 2.05) is 24.3 Å². The van der Waals surface area contributed by atoms with Gasteiger partial charge in [0.25, 0.3) is 0 Å². The quantitative estimate of drug-likeness (QED) is 0.579. The molecule has 3 atom stereocenters. The number of halogens is 2. The topological polar surface area (TPSA) is 44.8 Å². The number of benzene rings is 2. The number of piperidine rings is 1. The molecule has 2 aliphatic heterocycles. The van der Waals surface area contributed by atoms with Crippen molar-refractivity contribution in [2.75, 3.05) is 19.7 Å². The Hall–Kier alpha value is -2.67. The lowest BCUT2D eigenvalue weighted by Gasteiger charge is -2.43. The Morgan fingerprint density at radius 3 is 2.50 bits per heavy atom. The molecule has 2 aliphatic rings. The molecule has 2 aromatic carbocycles. The molecular formula is C27H35F2N3O2. The minimum Gasteiger partial charge on any atom is -0.493 e. The summed E-state index contributed by atoms with van der Waals surface area (Å²) >= 11 is 0. The molecule has 4 rings (SSSR count). The molecule has 0 aliphatic carbocycles. The number of amides is 2. The van der Waals surface area contributed by atoms with Gasteiger partial charge in [-0.1, -0.05) is 38.1 Å². The molecule has 1 N–H and O–H groups in total. The van der Waals surface area contributed by atoms with Gasteiger partial charge in [-0.3, -0.25) is 4.90 Å². The van der Waals surface area contributed by atoms with Gasteiger partial charge in [0.05, 0.1) is 12.6 Å². The summed E-state index contributed by atoms with van der Waals surface area (Å²) in [7, 11) is 0. The van der Waals surface area contributed by atoms with Crippen LogP contribution in [0.2, 0.25) is 0 Å². The van der Waals surface area contributed by atoms with E-state index >= 15 is 4.39 Å². The van der Waals surface area contributed by atoms with Crippen LogP contribution in [0, 0.1) is 11.7 Å². The van der Waals surface area contributed by atoms with E-state index in [1.165, 1.54) is 12.1 Å². The number of hydrogen-bond donors (Lipinski definition) is 1. The monoisotopic (exact) mass is 471 g/mol. The maximum absolute atomic E-state index is 15.6. The highest BCUT2D eigenvalue weighted by atomic mass is 19.1. The maximum Gasteiger partial charge on any atom is 0.318 e. The molecule has 2 heterocycles. The van der Waals surface area contributed by atoms with E-state index in [-0.39, 0.29) is 24.4 Å². The van der Waals surface area contributed by atoms with E-state index in [0.717, 1.165) is 42.8 Å². The van der Waals surface area contributed by atoms with Crippen LogP contribution in [0.25, 0.3) is 0 Å². The summed E-state index contributed by atoms with van der Waals surface area (Å²) in [5.74, 6) is 0.899. The molecule has 5 nitrogen and oxygen atoms in total. The van der Waals surface area contributed by atoms with Gasteiger partial charge in [-0.25, -0.2) is 13.6 Å². The highest BCUT2D eigenvalue weighted by Gasteiger charge is 2.44. The second kappa shape index (κ2) is 11.2. The zero-order valence-corrected chi connectivity index (χ0v) is 20.1. The van der Waals surface area contributed by atoms with Crippen LogP contribution < -0.4 is 10.1 Å². The molecule has 2 saturated heterocycles. The Kier molecular flexibility index (Phi) is 8.03. The molecule has 2 amide bonds. The number of urea groups is 1. The van der Waals surface area contributed by atoms with Crippen molar-refractivity contribution in [3.05, 3.63) is 65.5 Å². The predicted molar refractivity (Wildman–Crippen MR) is 129 cm³/mol. The van der Waals surface area contributed by atoms with Crippen LogP contribution in [-0.4, -0.2) is 53.8 Å². The van der Waals surface area contributed by atoms with Crippen molar-refractivity contribution in [3.63, 3.8) is 0 Å². The third-order valence-electron chi connectivity index (χ3n) is 6.74. The van der Waals surface area contributed by atoms with Gasteiger partial charge < -0.3 is 15.0 Å². The smallest absolute Gasteiger partial charge is 0.318 e. The first-order valence-corrected chi connectivity index (χ1v) is 12.3. The van der Waals surface area contributed by atoms with Crippen LogP contribution in [0.15, 0.2) is 48.5 Å². The zero-order valence-electron chi connectivity index (χ0n) is 20.1. The average Bonchev–Trinajstić information content (AvgIpc) is 3.32. The lowest BCUT2D eigenvalue weighted by atomic mass is 9.93. The fourth-order valence-corrected chi connectivity index (χ4v) is 4.90. The van der Waals surface area contributed by atoms with E-state index in [1.54, 1.807) is 17.0 Å². The van der Waals surface area contributed by atoms with Crippen LogP contribution in [-0.2, 0) is 13.1 Å². The number of hydrogen-bond acceptors (Lipinski definition) is 3. The van der Waals surface area contributed by atoms with Gasteiger partial charge in [-0.15, -0.1) is 0 Å². The number of nitrogens with zero attached hydrogens (tertiary/aromatic N) is 2. The second-order valence-electron chi connectivity index (χ2n) is 9.81. The summed E-state index contributed by atoms with van der Waals surface area (Å²) in [6, 6.07) is 12.8. The third-order valence-corrected chi connectivity index (χ3v) is 6.74. The number of carbonyl (C=O) groups is 1. The first-order chi connectivity index (χ1) is 16.4. The summed E-state index contributed by atoms with van der Waals surface area (Å²) in [4.78, 5) is 17.2. The number of nitrogens with one attached hydrogen (secondary N) is 1. The van der Waals surface area contributed by atoms with Crippen molar-refractivity contribution in [2.24, 2.45) is 5.92 Å². The SMILES string of the molecule is CC(C)COc1ccc(CN(C(=O)NCc2ccc(F)cc2)[C@@H]2CCN3CCC[C@H]3[C@@H]2F)cc1. The Morgan fingerprint density at radius 2 is 1.79 bits per heavy atom. The fraction of sp³-hybridized carbons (Fsp3) is 0.519. The fourth-order valence-electron chi connectivity index (χ4n) is 4.90. The van der Waals surface area contributed by atoms with Crippen molar-refractivity contribution >= 4 is 6.03 Å². The lowest BCUT2D eigenvalue weighted by Crippen LogP contribution is -2.58. The van der Waals surface area contributed by atoms with E-state index in [4.69, 9.17) is 4.74 Å². The third kappa shape index (κ3) is 6.06. The Bertz CT molecular complexity index is 936. The first kappa shape index (κ1) is 24.5. The summed E-state index contributed by atoms with van der Waals surface area (Å²) in [6.07, 6.45) is 1.37. The Labute approximate surface area is 201 Å². The number of ether oxygens (including phenoxy) is 1. The molecule has 7 heteroatoms. The molecule has 2 fully saturated rings. The van der Waals surface area contributed by atoms with Crippen LogP contribution >= 0.6 is 0 Å². The maximum atomic E-state index is 15.6. The number of rotatable bonds is 8. The molecule has 0 radical (unpaired) electrons. The summed E-state index contributed by atoms with van der Waals surface area (Å²) in [6.45, 7) is 7.15. The number of fused-ring (bicyclic) bond motifs is 1. The standard InChI is InChI=1S/C27H35F2N3O2/c1-19(2)18-34-23-11-7-21(8-12-23)17-32(25-13-15-31-14-3-4-24(31)26(25)29)27(33)30-16-20-5-9-22(28)10-6-20/h5-12,19,24-26H,3-4,13-18H2,1-2H3,(H,30,33)/t24-,25+,26-/m0/s1. The van der Waals surface area contributed by atoms with E-state index < -0.39 is 12.2 Å². The highest BCUT2D eigenvalue weighted by Crippen LogP contribution is 2.32. The molecule has 0 saturated carbocycles. The molecule has 2 aromatic rings. The molecule has 0 aromatic heterocycles. The van der Waals surface area contributed by atoms with E-state index in [0.29, 0.717) is 25.5 Å². The summed E-state index contributed by atoms with van der Waals surface area (Å²) in [5.41, 5.74) is 1.72. The van der Waals surface area contributed by atoms with E-state index in [2.05, 4.69) is 24.1 Å². The predicted octanol–water partition coefficient (Wildman–Crippen LogP) is 5.15. The van der Waals surface area contributed by atoms with Gasteiger partial charge in [0.1, 0.15) is 17.7 Å². The minimum absolute atomic E-state index is 0.113. The van der Waals surface area contributed by atoms with Crippen LogP contribution in [0.5, 0.6) is 5.75 Å². The van der Waals surface area contributed by atoms with Gasteiger partial charge in [0.15, 0.2) is 0 Å². The molecule has 0 spiro atoms. The van der Waals surface area contributed by atoms with Crippen LogP contribution in [0.4, 0.5) is 13.6 Å². The largest absolute Gasteiger partial charge is 0.493 e. The second-order valence-corrected chi connectivity index (χ2v) is 9.81. The molecule has 0 bridgehead atoms. The highest BCUT2D eigenvalue weighted by molar-refractivity contribution is 5.74. The van der Waals surface area contributed by atoms with Gasteiger partial charge in [0.2, 0.25) is 0 Å². The molecule has 0 unspecified atom stereocenters. The molecule has 34 heavy (non-hydrogen) atoms.